The average Bonchev–Trinajstić information content (AvgIpc) is 3.47. The molecule has 1 aromatic heterocycles. The topological polar surface area (TPSA) is 98.4 Å². The molecule has 0 saturated carbocycles. The Morgan fingerprint density at radius 1 is 0.974 bits per heavy atom. The zero-order valence-electron chi connectivity index (χ0n) is 21.7. The summed E-state index contributed by atoms with van der Waals surface area (Å²) < 4.78 is 22.2. The fourth-order valence-corrected chi connectivity index (χ4v) is 4.86. The number of aliphatic hydroxyl groups is 1. The first-order chi connectivity index (χ1) is 18.7. The van der Waals surface area contributed by atoms with Crippen LogP contribution in [-0.2, 0) is 4.79 Å². The maximum absolute atomic E-state index is 13.9. The van der Waals surface area contributed by atoms with Crippen molar-refractivity contribution in [1.29, 1.82) is 0 Å². The normalized spacial score (nSPS) is 15.4. The summed E-state index contributed by atoms with van der Waals surface area (Å²) in [5, 5.41) is 12.0. The number of methoxy groups -OCH3 is 2. The van der Waals surface area contributed by atoms with E-state index in [0.717, 1.165) is 0 Å². The lowest BCUT2D eigenvalue weighted by Crippen LogP contribution is -2.31. The molecule has 0 radical (unpaired) electrons. The van der Waals surface area contributed by atoms with Crippen LogP contribution in [-0.4, -0.2) is 37.1 Å². The van der Waals surface area contributed by atoms with Crippen LogP contribution in [0.25, 0.3) is 11.0 Å². The van der Waals surface area contributed by atoms with Crippen molar-refractivity contribution in [3.05, 3.63) is 94.4 Å². The molecule has 0 saturated heterocycles. The first-order valence-electron chi connectivity index (χ1n) is 12.2. The first-order valence-corrected chi connectivity index (χ1v) is 12.6. The molecule has 1 amide bonds. The van der Waals surface area contributed by atoms with Gasteiger partial charge in [-0.3, -0.25) is 14.5 Å². The number of anilines is 1. The molecule has 200 valence electrons. The van der Waals surface area contributed by atoms with Gasteiger partial charge in [0.25, 0.3) is 5.91 Å². The van der Waals surface area contributed by atoms with Gasteiger partial charge in [0.05, 0.1) is 31.9 Å². The van der Waals surface area contributed by atoms with E-state index >= 15 is 0 Å². The fraction of sp³-hybridized carbons (Fsp3) is 0.200. The molecule has 1 unspecified atom stereocenters. The molecule has 3 aromatic carbocycles. The molecular weight excluding hydrogens is 522 g/mol. The highest BCUT2D eigenvalue weighted by atomic mass is 35.5. The van der Waals surface area contributed by atoms with Gasteiger partial charge in [-0.05, 0) is 67.9 Å². The van der Waals surface area contributed by atoms with Crippen LogP contribution >= 0.6 is 11.6 Å². The number of rotatable bonds is 8. The van der Waals surface area contributed by atoms with E-state index in [0.29, 0.717) is 44.5 Å². The number of ketones is 1. The average molecular weight is 548 g/mol. The van der Waals surface area contributed by atoms with Crippen LogP contribution in [0.3, 0.4) is 0 Å². The summed E-state index contributed by atoms with van der Waals surface area (Å²) in [6.07, 6.45) is -0.0245. The fourth-order valence-electron chi connectivity index (χ4n) is 4.64. The molecule has 1 aliphatic rings. The molecule has 0 bridgehead atoms. The number of furan rings is 1. The number of benzene rings is 3. The van der Waals surface area contributed by atoms with E-state index in [4.69, 9.17) is 30.2 Å². The molecule has 0 spiro atoms. The van der Waals surface area contributed by atoms with Crippen molar-refractivity contribution >= 4 is 39.9 Å². The summed E-state index contributed by atoms with van der Waals surface area (Å²) >= 11 is 6.19. The Balaban J connectivity index is 1.61. The van der Waals surface area contributed by atoms with Gasteiger partial charge >= 0.3 is 0 Å². The van der Waals surface area contributed by atoms with Crippen molar-refractivity contribution < 1.29 is 33.3 Å². The number of hydrogen-bond acceptors (Lipinski definition) is 7. The van der Waals surface area contributed by atoms with Gasteiger partial charge in [-0.15, -0.1) is 0 Å². The Kier molecular flexibility index (Phi) is 6.97. The summed E-state index contributed by atoms with van der Waals surface area (Å²) in [5.41, 5.74) is 1.28. The van der Waals surface area contributed by atoms with E-state index in [1.807, 2.05) is 13.8 Å². The summed E-state index contributed by atoms with van der Waals surface area (Å²) in [6.45, 7) is 3.83. The third kappa shape index (κ3) is 4.79. The Morgan fingerprint density at radius 2 is 1.64 bits per heavy atom. The highest BCUT2D eigenvalue weighted by molar-refractivity contribution is 6.31. The molecule has 0 aliphatic carbocycles. The molecule has 5 rings (SSSR count). The van der Waals surface area contributed by atoms with Crippen molar-refractivity contribution in [2.45, 2.75) is 26.0 Å². The van der Waals surface area contributed by atoms with Crippen LogP contribution in [0.5, 0.6) is 17.2 Å². The Hall–Kier alpha value is -4.43. The van der Waals surface area contributed by atoms with Gasteiger partial charge < -0.3 is 23.7 Å². The molecule has 1 N–H and O–H groups in total. The van der Waals surface area contributed by atoms with Gasteiger partial charge in [0, 0.05) is 22.2 Å². The number of halogens is 1. The number of fused-ring (bicyclic) bond motifs is 1. The monoisotopic (exact) mass is 547 g/mol. The van der Waals surface area contributed by atoms with Crippen molar-refractivity contribution in [2.75, 3.05) is 19.1 Å². The third-order valence-corrected chi connectivity index (χ3v) is 6.58. The minimum absolute atomic E-state index is 0.0245. The van der Waals surface area contributed by atoms with E-state index in [1.54, 1.807) is 67.8 Å². The molecule has 8 nitrogen and oxygen atoms in total. The molecule has 2 heterocycles. The van der Waals surface area contributed by atoms with Gasteiger partial charge in [-0.1, -0.05) is 23.7 Å². The van der Waals surface area contributed by atoms with Crippen molar-refractivity contribution in [3.8, 4) is 17.2 Å². The predicted octanol–water partition coefficient (Wildman–Crippen LogP) is 6.67. The Labute approximate surface area is 229 Å². The molecule has 9 heteroatoms. The number of nitrogens with zero attached hydrogens (tertiary/aromatic N) is 1. The number of aliphatic hydroxyl groups excluding tert-OH is 1. The Morgan fingerprint density at radius 3 is 2.26 bits per heavy atom. The lowest BCUT2D eigenvalue weighted by Gasteiger charge is -2.27. The van der Waals surface area contributed by atoms with Gasteiger partial charge in [0.2, 0.25) is 5.78 Å². The SMILES string of the molecule is COc1ccc(C2C(C(=O)c3cc4cc(Cl)cc(OC)c4o3)=C(O)C(=O)N2c2ccc(OC(C)C)cc2)cc1. The van der Waals surface area contributed by atoms with Crippen LogP contribution in [0.2, 0.25) is 5.02 Å². The predicted molar refractivity (Wildman–Crippen MR) is 147 cm³/mol. The number of ether oxygens (including phenoxy) is 3. The number of carbonyl (C=O) groups is 2. The third-order valence-electron chi connectivity index (χ3n) is 6.36. The molecule has 39 heavy (non-hydrogen) atoms. The van der Waals surface area contributed by atoms with Gasteiger partial charge in [-0.2, -0.15) is 0 Å². The lowest BCUT2D eigenvalue weighted by atomic mass is 9.94. The van der Waals surface area contributed by atoms with E-state index in [1.165, 1.54) is 18.1 Å². The number of Topliss-reactive ketones (excluding diaryl/α,β-unsaturated/α-hetero) is 1. The van der Waals surface area contributed by atoms with Gasteiger partial charge in [0.1, 0.15) is 11.5 Å². The van der Waals surface area contributed by atoms with E-state index in [2.05, 4.69) is 0 Å². The summed E-state index contributed by atoms with van der Waals surface area (Å²) in [6, 6.07) is 17.6. The highest BCUT2D eigenvalue weighted by Gasteiger charge is 2.45. The van der Waals surface area contributed by atoms with Crippen LogP contribution in [0, 0.1) is 0 Å². The van der Waals surface area contributed by atoms with E-state index in [9.17, 15) is 14.7 Å². The summed E-state index contributed by atoms with van der Waals surface area (Å²) in [5.74, 6) is -0.493. The summed E-state index contributed by atoms with van der Waals surface area (Å²) in [7, 11) is 3.01. The minimum Gasteiger partial charge on any atom is -0.503 e. The quantitative estimate of drug-likeness (QED) is 0.246. The first kappa shape index (κ1) is 26.2. The summed E-state index contributed by atoms with van der Waals surface area (Å²) in [4.78, 5) is 28.8. The zero-order valence-corrected chi connectivity index (χ0v) is 22.5. The highest BCUT2D eigenvalue weighted by Crippen LogP contribution is 2.43. The Bertz CT molecular complexity index is 1590. The second kappa shape index (κ2) is 10.4. The maximum Gasteiger partial charge on any atom is 0.294 e. The number of amides is 1. The molecule has 1 atom stereocenters. The molecule has 1 aliphatic heterocycles. The van der Waals surface area contributed by atoms with Crippen molar-refractivity contribution in [3.63, 3.8) is 0 Å². The zero-order chi connectivity index (χ0) is 27.8. The van der Waals surface area contributed by atoms with E-state index < -0.39 is 23.5 Å². The second-order valence-corrected chi connectivity index (χ2v) is 9.68. The van der Waals surface area contributed by atoms with Crippen LogP contribution in [0.15, 0.2) is 82.5 Å². The van der Waals surface area contributed by atoms with E-state index in [-0.39, 0.29) is 17.4 Å². The smallest absolute Gasteiger partial charge is 0.294 e. The van der Waals surface area contributed by atoms with Crippen LogP contribution in [0.1, 0.15) is 36.0 Å². The number of hydrogen-bond donors (Lipinski definition) is 1. The lowest BCUT2D eigenvalue weighted by molar-refractivity contribution is -0.117. The standard InChI is InChI=1S/C30H26ClNO7/c1-16(2)38-22-11-7-20(8-12-22)32-26(17-5-9-21(36-3)10-6-17)25(28(34)30(32)35)27(33)23-14-18-13-19(31)15-24(37-4)29(18)39-23/h5-16,26,34H,1-4H3. The molecular formula is C30H26ClNO7. The largest absolute Gasteiger partial charge is 0.503 e. The minimum atomic E-state index is -0.938. The van der Waals surface area contributed by atoms with Crippen LogP contribution < -0.4 is 19.1 Å². The van der Waals surface area contributed by atoms with Crippen molar-refractivity contribution in [1.82, 2.24) is 0 Å². The van der Waals surface area contributed by atoms with Gasteiger partial charge in [0.15, 0.2) is 22.9 Å². The van der Waals surface area contributed by atoms with Gasteiger partial charge in [-0.25, -0.2) is 0 Å². The number of carbonyl (C=O) groups excluding carboxylic acids is 2. The second-order valence-electron chi connectivity index (χ2n) is 9.24. The van der Waals surface area contributed by atoms with Crippen LogP contribution in [0.4, 0.5) is 5.69 Å². The van der Waals surface area contributed by atoms with Crippen molar-refractivity contribution in [2.24, 2.45) is 0 Å². The molecule has 4 aromatic rings. The molecule has 0 fully saturated rings. The maximum atomic E-state index is 13.9.